The summed E-state index contributed by atoms with van der Waals surface area (Å²) in [6.45, 7) is 2.20. The maximum Gasteiger partial charge on any atom is 0.423 e. The Morgan fingerprint density at radius 1 is 1.41 bits per heavy atom. The van der Waals surface area contributed by atoms with Crippen LogP contribution in [-0.2, 0) is 25.1 Å². The van der Waals surface area contributed by atoms with Crippen molar-refractivity contribution in [2.75, 3.05) is 26.6 Å². The van der Waals surface area contributed by atoms with Crippen LogP contribution in [0.1, 0.15) is 25.1 Å². The first-order chi connectivity index (χ1) is 12.8. The molecule has 1 fully saturated rings. The molecule has 0 radical (unpaired) electrons. The van der Waals surface area contributed by atoms with E-state index >= 15 is 0 Å². The molecule has 8 nitrogen and oxygen atoms in total. The summed E-state index contributed by atoms with van der Waals surface area (Å²) in [6, 6.07) is 0. The van der Waals surface area contributed by atoms with E-state index in [1.54, 1.807) is 11.9 Å². The SMILES string of the molecule is C#CCO[C@H]1C[C@H](n2cc(C(F)(F)F)c(=O)[nH]c2=O)O[C@@H]1COCOCC. The standard InChI is InChI=1S/C16H19F3N2O6/c1-3-5-26-11-6-13(27-12(11)8-25-9-24-4-2)21-7-10(16(17,18)19)14(22)20-15(21)23/h1,7,11-13H,4-6,8-9H2,2H3,(H,20,22,23)/t11-,12+,13+/m0/s1. The Morgan fingerprint density at radius 2 is 2.15 bits per heavy atom. The molecule has 0 aromatic carbocycles. The van der Waals surface area contributed by atoms with Crippen LogP contribution in [0.5, 0.6) is 0 Å². The molecule has 0 aliphatic carbocycles. The van der Waals surface area contributed by atoms with Crippen LogP contribution in [0.4, 0.5) is 13.2 Å². The van der Waals surface area contributed by atoms with Gasteiger partial charge in [-0.05, 0) is 6.92 Å². The lowest BCUT2D eigenvalue weighted by Gasteiger charge is -2.18. The Hall–Kier alpha value is -2.13. The lowest BCUT2D eigenvalue weighted by atomic mass is 10.2. The normalized spacial score (nSPS) is 22.7. The first kappa shape index (κ1) is 21.2. The molecule has 1 aliphatic rings. The summed E-state index contributed by atoms with van der Waals surface area (Å²) in [6.07, 6.45) is -1.65. The zero-order valence-electron chi connectivity index (χ0n) is 14.5. The van der Waals surface area contributed by atoms with E-state index in [2.05, 4.69) is 5.92 Å². The fourth-order valence-corrected chi connectivity index (χ4v) is 2.56. The van der Waals surface area contributed by atoms with Gasteiger partial charge in [-0.25, -0.2) is 4.79 Å². The average molecular weight is 392 g/mol. The van der Waals surface area contributed by atoms with Gasteiger partial charge in [-0.2, -0.15) is 13.2 Å². The highest BCUT2D eigenvalue weighted by Crippen LogP contribution is 2.31. The number of alkyl halides is 3. The van der Waals surface area contributed by atoms with Crippen LogP contribution in [0, 0.1) is 12.3 Å². The number of terminal acetylenes is 1. The second kappa shape index (κ2) is 9.18. The minimum Gasteiger partial charge on any atom is -0.363 e. The van der Waals surface area contributed by atoms with Crippen molar-refractivity contribution in [2.45, 2.75) is 38.0 Å². The second-order valence-electron chi connectivity index (χ2n) is 5.61. The highest BCUT2D eigenvalue weighted by Gasteiger charge is 2.40. The van der Waals surface area contributed by atoms with Crippen molar-refractivity contribution in [2.24, 2.45) is 0 Å². The van der Waals surface area contributed by atoms with Crippen LogP contribution in [0.25, 0.3) is 0 Å². The Balaban J connectivity index is 2.22. The zero-order chi connectivity index (χ0) is 20.0. The number of nitrogens with one attached hydrogen (secondary N) is 1. The molecule has 0 unspecified atom stereocenters. The van der Waals surface area contributed by atoms with Gasteiger partial charge < -0.3 is 18.9 Å². The second-order valence-corrected chi connectivity index (χ2v) is 5.61. The fourth-order valence-electron chi connectivity index (χ4n) is 2.56. The molecule has 1 aromatic rings. The minimum absolute atomic E-state index is 0.000285. The van der Waals surface area contributed by atoms with E-state index in [-0.39, 0.29) is 26.4 Å². The van der Waals surface area contributed by atoms with Crippen molar-refractivity contribution < 1.29 is 32.1 Å². The monoisotopic (exact) mass is 392 g/mol. The van der Waals surface area contributed by atoms with Crippen LogP contribution < -0.4 is 11.2 Å². The Kier molecular flexibility index (Phi) is 7.20. The van der Waals surface area contributed by atoms with Gasteiger partial charge in [-0.3, -0.25) is 14.3 Å². The number of nitrogens with zero attached hydrogens (tertiary/aromatic N) is 1. The molecule has 3 atom stereocenters. The number of aromatic amines is 1. The van der Waals surface area contributed by atoms with Gasteiger partial charge in [0.2, 0.25) is 0 Å². The highest BCUT2D eigenvalue weighted by molar-refractivity contribution is 5.09. The molecule has 2 heterocycles. The van der Waals surface area contributed by atoms with E-state index in [1.807, 2.05) is 0 Å². The van der Waals surface area contributed by atoms with E-state index in [1.165, 1.54) is 0 Å². The molecule has 0 saturated carbocycles. The average Bonchev–Trinajstić information content (AvgIpc) is 2.98. The molecule has 27 heavy (non-hydrogen) atoms. The summed E-state index contributed by atoms with van der Waals surface area (Å²) in [5.74, 6) is 2.29. The third-order valence-electron chi connectivity index (χ3n) is 3.80. The summed E-state index contributed by atoms with van der Waals surface area (Å²) in [5.41, 5.74) is -4.04. The molecule has 1 aliphatic heterocycles. The maximum atomic E-state index is 12.9. The molecule has 11 heteroatoms. The highest BCUT2D eigenvalue weighted by atomic mass is 19.4. The third-order valence-corrected chi connectivity index (χ3v) is 3.80. The molecule has 1 aromatic heterocycles. The van der Waals surface area contributed by atoms with Crippen molar-refractivity contribution >= 4 is 0 Å². The predicted octanol–water partition coefficient (Wildman–Crippen LogP) is 0.872. The number of H-pyrrole nitrogens is 1. The van der Waals surface area contributed by atoms with Gasteiger partial charge in [0.25, 0.3) is 5.56 Å². The van der Waals surface area contributed by atoms with Crippen molar-refractivity contribution in [3.05, 3.63) is 32.6 Å². The first-order valence-electron chi connectivity index (χ1n) is 8.06. The number of hydrogen-bond acceptors (Lipinski definition) is 6. The van der Waals surface area contributed by atoms with Crippen molar-refractivity contribution in [3.63, 3.8) is 0 Å². The number of hydrogen-bond donors (Lipinski definition) is 1. The van der Waals surface area contributed by atoms with Crippen molar-refractivity contribution in [1.82, 2.24) is 9.55 Å². The van der Waals surface area contributed by atoms with Gasteiger partial charge in [0, 0.05) is 19.2 Å². The molecular weight excluding hydrogens is 373 g/mol. The third kappa shape index (κ3) is 5.43. The van der Waals surface area contributed by atoms with E-state index in [4.69, 9.17) is 25.4 Å². The van der Waals surface area contributed by atoms with Crippen LogP contribution in [0.2, 0.25) is 0 Å². The van der Waals surface area contributed by atoms with Crippen LogP contribution in [0.3, 0.4) is 0 Å². The van der Waals surface area contributed by atoms with Gasteiger partial charge in [-0.15, -0.1) is 6.42 Å². The summed E-state index contributed by atoms with van der Waals surface area (Å²) in [7, 11) is 0. The molecule has 1 N–H and O–H groups in total. The van der Waals surface area contributed by atoms with Gasteiger partial charge in [0.1, 0.15) is 31.3 Å². The van der Waals surface area contributed by atoms with Gasteiger partial charge in [0.15, 0.2) is 0 Å². The first-order valence-corrected chi connectivity index (χ1v) is 8.06. The molecule has 0 bridgehead atoms. The number of halogens is 3. The summed E-state index contributed by atoms with van der Waals surface area (Å²) >= 11 is 0. The predicted molar refractivity (Wildman–Crippen MR) is 85.9 cm³/mol. The summed E-state index contributed by atoms with van der Waals surface area (Å²) < 4.78 is 60.9. The minimum atomic E-state index is -4.92. The lowest BCUT2D eigenvalue weighted by molar-refractivity contribution is -0.140. The Morgan fingerprint density at radius 3 is 2.78 bits per heavy atom. The van der Waals surface area contributed by atoms with Crippen molar-refractivity contribution in [3.8, 4) is 12.3 Å². The molecule has 0 spiro atoms. The van der Waals surface area contributed by atoms with Crippen LogP contribution in [0.15, 0.2) is 15.8 Å². The number of ether oxygens (including phenoxy) is 4. The Labute approximate surface area is 152 Å². The lowest BCUT2D eigenvalue weighted by Crippen LogP contribution is -2.36. The van der Waals surface area contributed by atoms with Gasteiger partial charge in [-0.1, -0.05) is 5.92 Å². The van der Waals surface area contributed by atoms with E-state index < -0.39 is 41.4 Å². The van der Waals surface area contributed by atoms with E-state index in [9.17, 15) is 22.8 Å². The van der Waals surface area contributed by atoms with Gasteiger partial charge >= 0.3 is 11.9 Å². The number of rotatable bonds is 8. The smallest absolute Gasteiger partial charge is 0.363 e. The largest absolute Gasteiger partial charge is 0.423 e. The molecule has 1 saturated heterocycles. The number of aromatic nitrogens is 2. The van der Waals surface area contributed by atoms with Crippen LogP contribution >= 0.6 is 0 Å². The molecule has 150 valence electrons. The van der Waals surface area contributed by atoms with E-state index in [0.717, 1.165) is 0 Å². The van der Waals surface area contributed by atoms with E-state index in [0.29, 0.717) is 17.4 Å². The topological polar surface area (TPSA) is 91.8 Å². The maximum absolute atomic E-state index is 12.9. The molecule has 0 amide bonds. The van der Waals surface area contributed by atoms with Crippen LogP contribution in [-0.4, -0.2) is 48.4 Å². The quantitative estimate of drug-likeness (QED) is 0.401. The fraction of sp³-hybridized carbons (Fsp3) is 0.625. The van der Waals surface area contributed by atoms with Crippen molar-refractivity contribution in [1.29, 1.82) is 0 Å². The summed E-state index contributed by atoms with van der Waals surface area (Å²) in [4.78, 5) is 25.0. The zero-order valence-corrected chi connectivity index (χ0v) is 14.5. The van der Waals surface area contributed by atoms with Gasteiger partial charge in [0.05, 0.1) is 12.7 Å². The summed E-state index contributed by atoms with van der Waals surface area (Å²) in [5, 5.41) is 0. The molecule has 2 rings (SSSR count). The molecular formula is C16H19F3N2O6. The Bertz CT molecular complexity index is 782.